The number of pyridine rings is 1. The summed E-state index contributed by atoms with van der Waals surface area (Å²) in [5, 5.41) is 14.1. The van der Waals surface area contributed by atoms with Crippen molar-refractivity contribution >= 4 is 0 Å². The summed E-state index contributed by atoms with van der Waals surface area (Å²) in [5.74, 6) is 0.527. The van der Waals surface area contributed by atoms with Gasteiger partial charge in [0.1, 0.15) is 5.69 Å². The number of hydrogen-bond acceptors (Lipinski definition) is 5. The first-order valence-electron chi connectivity index (χ1n) is 12.3. The zero-order chi connectivity index (χ0) is 24.7. The molecule has 8 nitrogen and oxygen atoms in total. The van der Waals surface area contributed by atoms with Crippen molar-refractivity contribution in [2.45, 2.75) is 45.7 Å². The van der Waals surface area contributed by atoms with E-state index in [1.807, 2.05) is 45.7 Å². The number of H-pyrrole nitrogens is 1. The lowest BCUT2D eigenvalue weighted by Crippen LogP contribution is -2.26. The summed E-state index contributed by atoms with van der Waals surface area (Å²) < 4.78 is 3.78. The number of unbranched alkanes of at least 4 members (excludes halogenated alkanes) is 1. The Balaban J connectivity index is 1.38. The molecule has 182 valence electrons. The predicted octanol–water partition coefficient (Wildman–Crippen LogP) is 4.53. The fourth-order valence-electron chi connectivity index (χ4n) is 4.42. The van der Waals surface area contributed by atoms with Gasteiger partial charge in [-0.2, -0.15) is 0 Å². The third kappa shape index (κ3) is 5.17. The molecular formula is C28H29N7O. The summed E-state index contributed by atoms with van der Waals surface area (Å²) in [5.41, 5.74) is 6.10. The van der Waals surface area contributed by atoms with Gasteiger partial charge >= 0.3 is 5.69 Å². The number of benzene rings is 2. The number of tetrazole rings is 1. The highest BCUT2D eigenvalue weighted by Crippen LogP contribution is 2.28. The summed E-state index contributed by atoms with van der Waals surface area (Å²) >= 11 is 0. The molecule has 0 spiro atoms. The van der Waals surface area contributed by atoms with E-state index in [0.29, 0.717) is 24.6 Å². The van der Waals surface area contributed by atoms with Crippen molar-refractivity contribution in [1.29, 1.82) is 0 Å². The van der Waals surface area contributed by atoms with Gasteiger partial charge in [0.2, 0.25) is 0 Å². The number of nitrogens with one attached hydrogen (secondary N) is 1. The van der Waals surface area contributed by atoms with Crippen LogP contribution in [0, 0.1) is 0 Å². The van der Waals surface area contributed by atoms with Gasteiger partial charge in [-0.15, -0.1) is 5.10 Å². The first kappa shape index (κ1) is 23.4. The molecule has 0 aliphatic carbocycles. The standard InChI is InChI=1S/C28H29N7O/c1-2-3-10-24-20-34(18-16-21-8-5-4-6-9-21)28(36)35(24)19-22-12-14-23(15-13-22)25-11-7-17-29-26(25)27-30-32-33-31-27/h4-9,11-15,17,20H,2-3,10,16,18-19H2,1H3,(H,30,31,32,33). The normalized spacial score (nSPS) is 11.1. The van der Waals surface area contributed by atoms with Crippen molar-refractivity contribution in [2.24, 2.45) is 0 Å². The Hall–Kier alpha value is -4.33. The second kappa shape index (κ2) is 10.9. The Morgan fingerprint density at radius 2 is 1.75 bits per heavy atom. The van der Waals surface area contributed by atoms with Crippen molar-refractivity contribution in [3.8, 4) is 22.6 Å². The lowest BCUT2D eigenvalue weighted by molar-refractivity contribution is 0.626. The van der Waals surface area contributed by atoms with E-state index in [9.17, 15) is 4.79 Å². The SMILES string of the molecule is CCCCc1cn(CCc2ccccc2)c(=O)n1Cc1ccc(-c2cccnc2-c2nnn[nH]2)cc1. The van der Waals surface area contributed by atoms with Crippen LogP contribution in [0.2, 0.25) is 0 Å². The molecule has 1 N–H and O–H groups in total. The van der Waals surface area contributed by atoms with Crippen LogP contribution in [0.4, 0.5) is 0 Å². The molecule has 36 heavy (non-hydrogen) atoms. The summed E-state index contributed by atoms with van der Waals surface area (Å²) in [4.78, 5) is 17.8. The number of imidazole rings is 1. The summed E-state index contributed by atoms with van der Waals surface area (Å²) in [7, 11) is 0. The Morgan fingerprint density at radius 1 is 0.917 bits per heavy atom. The van der Waals surface area contributed by atoms with Crippen LogP contribution < -0.4 is 5.69 Å². The van der Waals surface area contributed by atoms with Crippen LogP contribution in [-0.2, 0) is 25.9 Å². The van der Waals surface area contributed by atoms with Crippen LogP contribution in [-0.4, -0.2) is 34.7 Å². The highest BCUT2D eigenvalue weighted by atomic mass is 16.1. The molecule has 0 saturated heterocycles. The van der Waals surface area contributed by atoms with Crippen LogP contribution in [0.3, 0.4) is 0 Å². The van der Waals surface area contributed by atoms with Gasteiger partial charge < -0.3 is 0 Å². The molecule has 0 atom stereocenters. The molecule has 0 aliphatic heterocycles. The maximum Gasteiger partial charge on any atom is 0.328 e. The van der Waals surface area contributed by atoms with Crippen LogP contribution in [0.25, 0.3) is 22.6 Å². The Labute approximate surface area is 209 Å². The monoisotopic (exact) mass is 479 g/mol. The predicted molar refractivity (Wildman–Crippen MR) is 139 cm³/mol. The molecule has 3 heterocycles. The van der Waals surface area contributed by atoms with Gasteiger partial charge in [-0.3, -0.25) is 14.1 Å². The van der Waals surface area contributed by atoms with Crippen molar-refractivity contribution < 1.29 is 0 Å². The van der Waals surface area contributed by atoms with Gasteiger partial charge in [-0.1, -0.05) is 74.0 Å². The highest BCUT2D eigenvalue weighted by molar-refractivity contribution is 5.77. The van der Waals surface area contributed by atoms with E-state index in [-0.39, 0.29) is 5.69 Å². The Morgan fingerprint density at radius 3 is 2.50 bits per heavy atom. The lowest BCUT2D eigenvalue weighted by atomic mass is 10.0. The van der Waals surface area contributed by atoms with Crippen LogP contribution in [0.5, 0.6) is 0 Å². The lowest BCUT2D eigenvalue weighted by Gasteiger charge is -2.10. The van der Waals surface area contributed by atoms with Gasteiger partial charge in [0.25, 0.3) is 0 Å². The van der Waals surface area contributed by atoms with E-state index in [1.54, 1.807) is 6.20 Å². The zero-order valence-corrected chi connectivity index (χ0v) is 20.3. The second-order valence-electron chi connectivity index (χ2n) is 8.87. The Bertz CT molecular complexity index is 1450. The summed E-state index contributed by atoms with van der Waals surface area (Å²) in [6, 6.07) is 22.5. The van der Waals surface area contributed by atoms with E-state index in [4.69, 9.17) is 0 Å². The highest BCUT2D eigenvalue weighted by Gasteiger charge is 2.14. The fourth-order valence-corrected chi connectivity index (χ4v) is 4.42. The molecule has 0 bridgehead atoms. The number of hydrogen-bond donors (Lipinski definition) is 1. The molecule has 5 aromatic rings. The molecule has 0 unspecified atom stereocenters. The zero-order valence-electron chi connectivity index (χ0n) is 20.3. The number of aromatic nitrogens is 7. The van der Waals surface area contributed by atoms with Crippen LogP contribution >= 0.6 is 0 Å². The molecule has 0 aliphatic rings. The van der Waals surface area contributed by atoms with Gasteiger partial charge in [0.05, 0.1) is 6.54 Å². The molecule has 0 fully saturated rings. The Kier molecular flexibility index (Phi) is 7.12. The average Bonchev–Trinajstić information content (AvgIpc) is 3.56. The average molecular weight is 480 g/mol. The van der Waals surface area contributed by atoms with E-state index in [1.165, 1.54) is 5.56 Å². The smallest absolute Gasteiger partial charge is 0.299 e. The quantitative estimate of drug-likeness (QED) is 0.318. The van der Waals surface area contributed by atoms with Crippen molar-refractivity contribution in [2.75, 3.05) is 0 Å². The minimum atomic E-state index is 0.0495. The number of aromatic amines is 1. The van der Waals surface area contributed by atoms with Crippen molar-refractivity contribution in [1.82, 2.24) is 34.7 Å². The first-order chi connectivity index (χ1) is 17.7. The molecule has 0 amide bonds. The van der Waals surface area contributed by atoms with Crippen LogP contribution in [0.1, 0.15) is 36.6 Å². The number of nitrogens with zero attached hydrogens (tertiary/aromatic N) is 6. The maximum atomic E-state index is 13.3. The van der Waals surface area contributed by atoms with Crippen molar-refractivity contribution in [3.05, 3.63) is 106 Å². The molecule has 3 aromatic heterocycles. The van der Waals surface area contributed by atoms with E-state index in [2.05, 4.69) is 68.9 Å². The van der Waals surface area contributed by atoms with E-state index in [0.717, 1.165) is 48.1 Å². The molecule has 0 radical (unpaired) electrons. The topological polar surface area (TPSA) is 94.3 Å². The largest absolute Gasteiger partial charge is 0.328 e. The number of aryl methyl sites for hydroxylation is 3. The fraction of sp³-hybridized carbons (Fsp3) is 0.250. The third-order valence-corrected chi connectivity index (χ3v) is 6.38. The van der Waals surface area contributed by atoms with Gasteiger partial charge in [-0.05, 0) is 52.4 Å². The van der Waals surface area contributed by atoms with Gasteiger partial charge in [0.15, 0.2) is 5.82 Å². The number of rotatable bonds is 10. The molecule has 2 aromatic carbocycles. The maximum absolute atomic E-state index is 13.3. The molecule has 5 rings (SSSR count). The minimum absolute atomic E-state index is 0.0495. The minimum Gasteiger partial charge on any atom is -0.299 e. The summed E-state index contributed by atoms with van der Waals surface area (Å²) in [6.45, 7) is 3.39. The van der Waals surface area contributed by atoms with E-state index >= 15 is 0 Å². The molecule has 0 saturated carbocycles. The van der Waals surface area contributed by atoms with Crippen LogP contribution in [0.15, 0.2) is 83.9 Å². The third-order valence-electron chi connectivity index (χ3n) is 6.38. The summed E-state index contributed by atoms with van der Waals surface area (Å²) in [6.07, 6.45) is 7.64. The molecular weight excluding hydrogens is 450 g/mol. The van der Waals surface area contributed by atoms with Crippen molar-refractivity contribution in [3.63, 3.8) is 0 Å². The van der Waals surface area contributed by atoms with E-state index < -0.39 is 0 Å². The first-order valence-corrected chi connectivity index (χ1v) is 12.3. The van der Waals surface area contributed by atoms with Gasteiger partial charge in [-0.25, -0.2) is 9.89 Å². The van der Waals surface area contributed by atoms with Gasteiger partial charge in [0, 0.05) is 30.2 Å². The second-order valence-corrected chi connectivity index (χ2v) is 8.87. The molecule has 8 heteroatoms.